The predicted molar refractivity (Wildman–Crippen MR) is 71.6 cm³/mol. The Bertz CT molecular complexity index is 346. The molecule has 0 aromatic rings. The number of nitrogens with zero attached hydrogens (tertiary/aromatic N) is 2. The SMILES string of the molecule is CN1CCN(NS(=O)(=O)CC2CCCNC2)CC1. The van der Waals surface area contributed by atoms with Crippen LogP contribution in [0.2, 0.25) is 0 Å². The summed E-state index contributed by atoms with van der Waals surface area (Å²) in [5.74, 6) is 0.496. The first kappa shape index (κ1) is 14.2. The fourth-order valence-electron chi connectivity index (χ4n) is 2.51. The molecule has 0 amide bonds. The standard InChI is InChI=1S/C11H24N4O2S/c1-14-5-7-15(8-6-14)13-18(16,17)10-11-3-2-4-12-9-11/h11-13H,2-10H2,1H3. The molecule has 1 atom stereocenters. The summed E-state index contributed by atoms with van der Waals surface area (Å²) in [6.45, 7) is 5.18. The van der Waals surface area contributed by atoms with Gasteiger partial charge < -0.3 is 10.2 Å². The predicted octanol–water partition coefficient (Wildman–Crippen LogP) is -0.932. The van der Waals surface area contributed by atoms with E-state index in [1.807, 2.05) is 5.01 Å². The molecule has 1 unspecified atom stereocenters. The van der Waals surface area contributed by atoms with Gasteiger partial charge in [0, 0.05) is 26.2 Å². The fraction of sp³-hybridized carbons (Fsp3) is 1.00. The quantitative estimate of drug-likeness (QED) is 0.694. The van der Waals surface area contributed by atoms with Crippen LogP contribution in [0.4, 0.5) is 0 Å². The smallest absolute Gasteiger partial charge is 0.224 e. The summed E-state index contributed by atoms with van der Waals surface area (Å²) in [7, 11) is -1.13. The lowest BCUT2D eigenvalue weighted by atomic mass is 10.0. The van der Waals surface area contributed by atoms with Gasteiger partial charge in [-0.3, -0.25) is 0 Å². The van der Waals surface area contributed by atoms with E-state index in [1.54, 1.807) is 0 Å². The van der Waals surface area contributed by atoms with Crippen molar-refractivity contribution >= 4 is 10.0 Å². The van der Waals surface area contributed by atoms with Crippen LogP contribution < -0.4 is 10.1 Å². The Balaban J connectivity index is 1.79. The molecular weight excluding hydrogens is 252 g/mol. The highest BCUT2D eigenvalue weighted by Crippen LogP contribution is 2.12. The topological polar surface area (TPSA) is 64.7 Å². The molecule has 18 heavy (non-hydrogen) atoms. The molecule has 0 aromatic heterocycles. The van der Waals surface area contributed by atoms with Crippen molar-refractivity contribution in [2.24, 2.45) is 5.92 Å². The largest absolute Gasteiger partial charge is 0.316 e. The minimum Gasteiger partial charge on any atom is -0.316 e. The Morgan fingerprint density at radius 2 is 2.00 bits per heavy atom. The van der Waals surface area contributed by atoms with E-state index in [-0.39, 0.29) is 11.7 Å². The zero-order valence-corrected chi connectivity index (χ0v) is 11.9. The van der Waals surface area contributed by atoms with Crippen molar-refractivity contribution in [3.63, 3.8) is 0 Å². The lowest BCUT2D eigenvalue weighted by molar-refractivity contribution is 0.134. The molecule has 2 heterocycles. The molecule has 6 nitrogen and oxygen atoms in total. The van der Waals surface area contributed by atoms with Gasteiger partial charge >= 0.3 is 0 Å². The van der Waals surface area contributed by atoms with Crippen molar-refractivity contribution < 1.29 is 8.42 Å². The highest BCUT2D eigenvalue weighted by atomic mass is 32.2. The molecule has 2 saturated heterocycles. The van der Waals surface area contributed by atoms with Crippen LogP contribution >= 0.6 is 0 Å². The third kappa shape index (κ3) is 4.47. The van der Waals surface area contributed by atoms with Crippen molar-refractivity contribution in [2.75, 3.05) is 52.1 Å². The second-order valence-electron chi connectivity index (χ2n) is 5.38. The number of nitrogens with one attached hydrogen (secondary N) is 2. The van der Waals surface area contributed by atoms with Gasteiger partial charge in [-0.25, -0.2) is 13.4 Å². The lowest BCUT2D eigenvalue weighted by Gasteiger charge is -2.32. The average Bonchev–Trinajstić information content (AvgIpc) is 2.32. The van der Waals surface area contributed by atoms with Crippen molar-refractivity contribution in [2.45, 2.75) is 12.8 Å². The monoisotopic (exact) mass is 276 g/mol. The summed E-state index contributed by atoms with van der Waals surface area (Å²) in [5.41, 5.74) is 0. The van der Waals surface area contributed by atoms with E-state index in [4.69, 9.17) is 0 Å². The molecule has 2 fully saturated rings. The molecule has 2 aliphatic heterocycles. The first-order chi connectivity index (χ1) is 8.55. The second kappa shape index (κ2) is 6.29. The first-order valence-corrected chi connectivity index (χ1v) is 8.35. The minimum atomic E-state index is -3.18. The number of rotatable bonds is 4. The van der Waals surface area contributed by atoms with Crippen LogP contribution in [0.5, 0.6) is 0 Å². The van der Waals surface area contributed by atoms with Crippen molar-refractivity contribution in [1.82, 2.24) is 20.1 Å². The van der Waals surface area contributed by atoms with Crippen LogP contribution in [0.15, 0.2) is 0 Å². The third-order valence-electron chi connectivity index (χ3n) is 3.63. The normalized spacial score (nSPS) is 28.4. The third-order valence-corrected chi connectivity index (χ3v) is 5.07. The van der Waals surface area contributed by atoms with Gasteiger partial charge in [-0.2, -0.15) is 0 Å². The van der Waals surface area contributed by atoms with Crippen LogP contribution in [0.1, 0.15) is 12.8 Å². The van der Waals surface area contributed by atoms with Gasteiger partial charge in [-0.15, -0.1) is 4.83 Å². The Kier molecular flexibility index (Phi) is 4.97. The Hall–Kier alpha value is -0.210. The van der Waals surface area contributed by atoms with Crippen LogP contribution in [0.3, 0.4) is 0 Å². The van der Waals surface area contributed by atoms with Crippen molar-refractivity contribution in [3.8, 4) is 0 Å². The van der Waals surface area contributed by atoms with Crippen LogP contribution in [-0.4, -0.2) is 70.4 Å². The van der Waals surface area contributed by atoms with Crippen LogP contribution in [0, 0.1) is 5.92 Å². The number of hydrogen-bond donors (Lipinski definition) is 2. The zero-order chi connectivity index (χ0) is 13.0. The lowest BCUT2D eigenvalue weighted by Crippen LogP contribution is -2.53. The van der Waals surface area contributed by atoms with Crippen molar-refractivity contribution in [3.05, 3.63) is 0 Å². The highest BCUT2D eigenvalue weighted by molar-refractivity contribution is 7.89. The number of likely N-dealkylation sites (N-methyl/N-ethyl adjacent to an activating group) is 1. The van der Waals surface area contributed by atoms with Crippen LogP contribution in [-0.2, 0) is 10.0 Å². The molecule has 2 rings (SSSR count). The van der Waals surface area contributed by atoms with Gasteiger partial charge in [0.1, 0.15) is 0 Å². The van der Waals surface area contributed by atoms with Crippen molar-refractivity contribution in [1.29, 1.82) is 0 Å². The molecule has 2 aliphatic rings. The first-order valence-electron chi connectivity index (χ1n) is 6.69. The van der Waals surface area contributed by atoms with E-state index < -0.39 is 10.0 Å². The molecule has 2 N–H and O–H groups in total. The Morgan fingerprint density at radius 3 is 2.61 bits per heavy atom. The van der Waals surface area contributed by atoms with E-state index in [9.17, 15) is 8.42 Å². The summed E-state index contributed by atoms with van der Waals surface area (Å²) in [6.07, 6.45) is 2.09. The number of piperidine rings is 1. The van der Waals surface area contributed by atoms with Gasteiger partial charge in [0.25, 0.3) is 0 Å². The number of hydrazine groups is 1. The maximum atomic E-state index is 12.1. The minimum absolute atomic E-state index is 0.242. The molecule has 0 bridgehead atoms. The van der Waals surface area contributed by atoms with Crippen LogP contribution in [0.25, 0.3) is 0 Å². The molecule has 7 heteroatoms. The van der Waals surface area contributed by atoms with Gasteiger partial charge in [-0.05, 0) is 38.9 Å². The van der Waals surface area contributed by atoms with E-state index in [0.29, 0.717) is 0 Å². The Morgan fingerprint density at radius 1 is 1.28 bits per heavy atom. The molecule has 0 aliphatic carbocycles. The maximum absolute atomic E-state index is 12.1. The van der Waals surface area contributed by atoms with E-state index in [1.165, 1.54) is 0 Å². The van der Waals surface area contributed by atoms with Gasteiger partial charge in [0.05, 0.1) is 5.75 Å². The summed E-state index contributed by atoms with van der Waals surface area (Å²) >= 11 is 0. The highest BCUT2D eigenvalue weighted by Gasteiger charge is 2.24. The summed E-state index contributed by atoms with van der Waals surface area (Å²) in [4.78, 5) is 4.92. The molecule has 0 spiro atoms. The molecule has 0 radical (unpaired) electrons. The molecule has 106 valence electrons. The van der Waals surface area contributed by atoms with Gasteiger partial charge in [-0.1, -0.05) is 0 Å². The fourth-order valence-corrected chi connectivity index (χ4v) is 4.06. The number of sulfonamides is 1. The molecular formula is C11H24N4O2S. The molecule has 0 aromatic carbocycles. The summed E-state index contributed by atoms with van der Waals surface area (Å²) < 4.78 is 24.1. The Labute approximate surface area is 110 Å². The van der Waals surface area contributed by atoms with E-state index in [0.717, 1.165) is 52.1 Å². The molecule has 0 saturated carbocycles. The van der Waals surface area contributed by atoms with E-state index in [2.05, 4.69) is 22.1 Å². The number of piperazine rings is 1. The van der Waals surface area contributed by atoms with Gasteiger partial charge in [0.2, 0.25) is 10.0 Å². The average molecular weight is 276 g/mol. The number of hydrogen-bond acceptors (Lipinski definition) is 5. The van der Waals surface area contributed by atoms with E-state index >= 15 is 0 Å². The summed E-state index contributed by atoms with van der Waals surface area (Å²) in [6, 6.07) is 0. The summed E-state index contributed by atoms with van der Waals surface area (Å²) in [5, 5.41) is 5.08. The zero-order valence-electron chi connectivity index (χ0n) is 11.1. The van der Waals surface area contributed by atoms with Gasteiger partial charge in [0.15, 0.2) is 0 Å². The second-order valence-corrected chi connectivity index (χ2v) is 7.12. The maximum Gasteiger partial charge on any atom is 0.224 e.